The van der Waals surface area contributed by atoms with Crippen molar-refractivity contribution in [1.29, 1.82) is 0 Å². The summed E-state index contributed by atoms with van der Waals surface area (Å²) in [6.07, 6.45) is 4.89. The highest BCUT2D eigenvalue weighted by atomic mass is 16.3. The molecule has 3 heterocycles. The van der Waals surface area contributed by atoms with Gasteiger partial charge in [-0.15, -0.1) is 0 Å². The van der Waals surface area contributed by atoms with Crippen LogP contribution in [0.2, 0.25) is 0 Å². The predicted molar refractivity (Wildman–Crippen MR) is 110 cm³/mol. The topological polar surface area (TPSA) is 49.6 Å². The third-order valence-corrected chi connectivity index (χ3v) is 5.71. The van der Waals surface area contributed by atoms with Gasteiger partial charge in [0.05, 0.1) is 0 Å². The Hall–Kier alpha value is -2.66. The van der Waals surface area contributed by atoms with Gasteiger partial charge in [0, 0.05) is 49.4 Å². The summed E-state index contributed by atoms with van der Waals surface area (Å²) in [5.74, 6) is 0.444. The predicted octanol–water partition coefficient (Wildman–Crippen LogP) is 3.92. The van der Waals surface area contributed by atoms with Crippen LogP contribution in [0.1, 0.15) is 34.7 Å². The van der Waals surface area contributed by atoms with Crippen molar-refractivity contribution in [3.8, 4) is 0 Å². The lowest BCUT2D eigenvalue weighted by Crippen LogP contribution is -2.49. The second-order valence-corrected chi connectivity index (χ2v) is 7.70. The molecule has 3 aromatic rings. The molecular formula is C23H27N3O2. The van der Waals surface area contributed by atoms with E-state index in [4.69, 9.17) is 4.42 Å². The maximum Gasteiger partial charge on any atom is 0.289 e. The molecule has 5 heteroatoms. The summed E-state index contributed by atoms with van der Waals surface area (Å²) in [6.45, 7) is 4.48. The number of carbonyl (C=O) groups is 1. The third kappa shape index (κ3) is 3.94. The summed E-state index contributed by atoms with van der Waals surface area (Å²) in [6, 6.07) is 14.3. The number of hydrogen-bond donors (Lipinski definition) is 0. The number of furan rings is 1. The van der Waals surface area contributed by atoms with Crippen molar-refractivity contribution < 1.29 is 9.21 Å². The summed E-state index contributed by atoms with van der Waals surface area (Å²) in [4.78, 5) is 21.7. The number of para-hydroxylation sites is 1. The Kier molecular flexibility index (Phi) is 5.44. The lowest BCUT2D eigenvalue weighted by molar-refractivity contribution is 0.0583. The fourth-order valence-corrected chi connectivity index (χ4v) is 3.99. The largest absolute Gasteiger partial charge is 0.451 e. The number of aryl methyl sites for hydroxylation is 1. The molecule has 0 saturated carbocycles. The molecule has 1 fully saturated rings. The molecule has 4 rings (SSSR count). The van der Waals surface area contributed by atoms with E-state index >= 15 is 0 Å². The number of hydrogen-bond acceptors (Lipinski definition) is 4. The Morgan fingerprint density at radius 2 is 2.18 bits per heavy atom. The molecule has 1 atom stereocenters. The second kappa shape index (κ2) is 8.15. The zero-order chi connectivity index (χ0) is 19.5. The normalized spacial score (nSPS) is 17.4. The first-order valence-electron chi connectivity index (χ1n) is 10.0. The number of likely N-dealkylation sites (tertiary alicyclic amines) is 1. The first-order chi connectivity index (χ1) is 13.6. The highest BCUT2D eigenvalue weighted by Crippen LogP contribution is 2.25. The van der Waals surface area contributed by atoms with E-state index in [-0.39, 0.29) is 5.91 Å². The van der Waals surface area contributed by atoms with Crippen LogP contribution < -0.4 is 0 Å². The van der Waals surface area contributed by atoms with Crippen LogP contribution in [0.5, 0.6) is 0 Å². The third-order valence-electron chi connectivity index (χ3n) is 5.71. The quantitative estimate of drug-likeness (QED) is 0.676. The molecular weight excluding hydrogens is 350 g/mol. The Balaban J connectivity index is 1.41. The average molecular weight is 377 g/mol. The van der Waals surface area contributed by atoms with Crippen LogP contribution in [-0.2, 0) is 6.42 Å². The van der Waals surface area contributed by atoms with E-state index in [1.165, 1.54) is 0 Å². The van der Waals surface area contributed by atoms with Gasteiger partial charge < -0.3 is 14.2 Å². The van der Waals surface area contributed by atoms with Crippen molar-refractivity contribution in [2.24, 2.45) is 0 Å². The van der Waals surface area contributed by atoms with Gasteiger partial charge in [0.1, 0.15) is 5.58 Å². The van der Waals surface area contributed by atoms with E-state index in [0.29, 0.717) is 11.8 Å². The lowest BCUT2D eigenvalue weighted by Gasteiger charge is -2.37. The fourth-order valence-electron chi connectivity index (χ4n) is 3.99. The van der Waals surface area contributed by atoms with Crippen LogP contribution in [0.3, 0.4) is 0 Å². The van der Waals surface area contributed by atoms with Crippen molar-refractivity contribution in [2.75, 3.05) is 26.7 Å². The van der Waals surface area contributed by atoms with Crippen molar-refractivity contribution in [1.82, 2.24) is 14.8 Å². The van der Waals surface area contributed by atoms with E-state index in [1.807, 2.05) is 54.4 Å². The second-order valence-electron chi connectivity index (χ2n) is 7.70. The first-order valence-corrected chi connectivity index (χ1v) is 10.0. The number of rotatable bonds is 5. The van der Waals surface area contributed by atoms with Gasteiger partial charge in [0.2, 0.25) is 0 Å². The SMILES string of the molecule is Cc1cccc2cc(C(=O)N3CCC[C@H](N(C)CCc4ccccn4)C3)oc12. The number of benzene rings is 1. The Morgan fingerprint density at radius 1 is 1.29 bits per heavy atom. The number of aromatic nitrogens is 1. The minimum Gasteiger partial charge on any atom is -0.451 e. The molecule has 1 amide bonds. The number of amides is 1. The van der Waals surface area contributed by atoms with E-state index in [1.54, 1.807) is 0 Å². The Bertz CT molecular complexity index is 951. The molecule has 146 valence electrons. The standard InChI is InChI=1S/C23H27N3O2/c1-17-7-5-8-18-15-21(28-22(17)18)23(27)26-13-6-10-20(16-26)25(2)14-11-19-9-3-4-12-24-19/h3-5,7-9,12,15,20H,6,10-11,13-14,16H2,1-2H3/t20-/m0/s1. The average Bonchev–Trinajstić information content (AvgIpc) is 3.18. The lowest BCUT2D eigenvalue weighted by atomic mass is 10.0. The number of likely N-dealkylation sites (N-methyl/N-ethyl adjacent to an activating group) is 1. The monoisotopic (exact) mass is 377 g/mol. The molecule has 1 saturated heterocycles. The highest BCUT2D eigenvalue weighted by Gasteiger charge is 2.28. The van der Waals surface area contributed by atoms with Crippen LogP contribution >= 0.6 is 0 Å². The molecule has 0 aliphatic carbocycles. The van der Waals surface area contributed by atoms with Gasteiger partial charge in [0.15, 0.2) is 5.76 Å². The Morgan fingerprint density at radius 3 is 2.96 bits per heavy atom. The summed E-state index contributed by atoms with van der Waals surface area (Å²) in [5, 5.41) is 0.990. The van der Waals surface area contributed by atoms with Gasteiger partial charge in [-0.05, 0) is 50.6 Å². The van der Waals surface area contributed by atoms with E-state index < -0.39 is 0 Å². The highest BCUT2D eigenvalue weighted by molar-refractivity contribution is 5.96. The minimum atomic E-state index is -0.00146. The van der Waals surface area contributed by atoms with Gasteiger partial charge in [-0.3, -0.25) is 9.78 Å². The molecule has 5 nitrogen and oxygen atoms in total. The van der Waals surface area contributed by atoms with Crippen molar-refractivity contribution in [2.45, 2.75) is 32.2 Å². The van der Waals surface area contributed by atoms with E-state index in [0.717, 1.165) is 61.1 Å². The van der Waals surface area contributed by atoms with E-state index in [9.17, 15) is 4.79 Å². The molecule has 28 heavy (non-hydrogen) atoms. The van der Waals surface area contributed by atoms with Crippen molar-refractivity contribution in [3.63, 3.8) is 0 Å². The maximum atomic E-state index is 13.0. The van der Waals surface area contributed by atoms with Crippen LogP contribution in [-0.4, -0.2) is 53.4 Å². The van der Waals surface area contributed by atoms with Crippen LogP contribution in [0.25, 0.3) is 11.0 Å². The molecule has 2 aromatic heterocycles. The summed E-state index contributed by atoms with van der Waals surface area (Å²) in [5.41, 5.74) is 2.98. The van der Waals surface area contributed by atoms with Gasteiger partial charge >= 0.3 is 0 Å². The van der Waals surface area contributed by atoms with Crippen molar-refractivity contribution in [3.05, 3.63) is 65.7 Å². The molecule has 1 aliphatic rings. The van der Waals surface area contributed by atoms with Gasteiger partial charge in [-0.2, -0.15) is 0 Å². The number of nitrogens with zero attached hydrogens (tertiary/aromatic N) is 3. The molecule has 0 spiro atoms. The fraction of sp³-hybridized carbons (Fsp3) is 0.391. The first kappa shape index (κ1) is 18.7. The summed E-state index contributed by atoms with van der Waals surface area (Å²) < 4.78 is 5.90. The zero-order valence-corrected chi connectivity index (χ0v) is 16.6. The summed E-state index contributed by atoms with van der Waals surface area (Å²) in [7, 11) is 2.14. The number of piperidine rings is 1. The molecule has 0 bridgehead atoms. The number of carbonyl (C=O) groups excluding carboxylic acids is 1. The molecule has 0 radical (unpaired) electrons. The van der Waals surface area contributed by atoms with E-state index in [2.05, 4.69) is 23.0 Å². The van der Waals surface area contributed by atoms with Crippen LogP contribution in [0, 0.1) is 6.92 Å². The molecule has 0 N–H and O–H groups in total. The van der Waals surface area contributed by atoms with Gasteiger partial charge in [0.25, 0.3) is 5.91 Å². The number of fused-ring (bicyclic) bond motifs is 1. The van der Waals surface area contributed by atoms with Gasteiger partial charge in [-0.25, -0.2) is 0 Å². The maximum absolute atomic E-state index is 13.0. The van der Waals surface area contributed by atoms with Crippen LogP contribution in [0.4, 0.5) is 0 Å². The Labute approximate surface area is 166 Å². The van der Waals surface area contributed by atoms with Crippen LogP contribution in [0.15, 0.2) is 53.1 Å². The van der Waals surface area contributed by atoms with Crippen molar-refractivity contribution >= 4 is 16.9 Å². The minimum absolute atomic E-state index is 0.00146. The molecule has 0 unspecified atom stereocenters. The smallest absolute Gasteiger partial charge is 0.289 e. The zero-order valence-electron chi connectivity index (χ0n) is 16.6. The number of pyridine rings is 1. The summed E-state index contributed by atoms with van der Waals surface area (Å²) >= 11 is 0. The molecule has 1 aromatic carbocycles. The van der Waals surface area contributed by atoms with Gasteiger partial charge in [-0.1, -0.05) is 24.3 Å². The molecule has 1 aliphatic heterocycles.